The third kappa shape index (κ3) is 18.8. The van der Waals surface area contributed by atoms with Gasteiger partial charge in [0.05, 0.1) is 82.2 Å². The Morgan fingerprint density at radius 3 is 1.26 bits per heavy atom. The molecule has 0 radical (unpaired) electrons. The molecule has 4 amide bonds. The number of aromatic amines is 5. The first-order chi connectivity index (χ1) is 56.2. The zero-order valence-electron chi connectivity index (χ0n) is 71.2. The van der Waals surface area contributed by atoms with Gasteiger partial charge in [0, 0.05) is 198 Å². The number of fused-ring (bicyclic) bond motifs is 5. The highest BCUT2D eigenvalue weighted by atomic mass is 35.5. The van der Waals surface area contributed by atoms with Crippen molar-refractivity contribution in [2.45, 2.75) is 187 Å². The summed E-state index contributed by atoms with van der Waals surface area (Å²) in [5.41, 5.74) is 15.9. The van der Waals surface area contributed by atoms with E-state index in [-0.39, 0.29) is 28.9 Å². The Balaban J connectivity index is 0.000000121. The lowest BCUT2D eigenvalue weighted by Gasteiger charge is -2.47. The van der Waals surface area contributed by atoms with Crippen LogP contribution < -0.4 is 29.8 Å². The van der Waals surface area contributed by atoms with Gasteiger partial charge in [-0.1, -0.05) is 51.1 Å². The minimum atomic E-state index is -3.20. The number of aromatic nitrogens is 10. The molecule has 0 bridgehead atoms. The van der Waals surface area contributed by atoms with E-state index in [1.54, 1.807) is 29.5 Å². The summed E-state index contributed by atoms with van der Waals surface area (Å²) in [5, 5.41) is 45.6. The van der Waals surface area contributed by atoms with E-state index in [1.165, 1.54) is 127 Å². The summed E-state index contributed by atoms with van der Waals surface area (Å²) in [6.45, 7) is 33.4. The molecule has 636 valence electrons. The van der Waals surface area contributed by atoms with E-state index in [2.05, 4.69) is 171 Å². The topological polar surface area (TPSA) is 307 Å². The lowest BCUT2D eigenvalue weighted by atomic mass is 9.87. The van der Waals surface area contributed by atoms with Gasteiger partial charge in [-0.25, -0.2) is 21.6 Å². The van der Waals surface area contributed by atoms with Crippen molar-refractivity contribution < 1.29 is 31.2 Å². The quantitative estimate of drug-likeness (QED) is 0.0701. The number of hydrogen-bond donors (Lipinski definition) is 6. The smallest absolute Gasteiger partial charge is 0.317 e. The number of nitrogens with one attached hydrogen (secondary N) is 6. The fraction of sp³-hybridized carbons (Fsp3) is 0.563. The van der Waals surface area contributed by atoms with Crippen molar-refractivity contribution in [3.8, 4) is 0 Å². The molecule has 6 aliphatic heterocycles. The van der Waals surface area contributed by atoms with Gasteiger partial charge in [0.15, 0.2) is 0 Å². The number of likely N-dealkylation sites (tertiary alicyclic amines) is 1. The SMILES string of the molecule is CC(=O)N1CCN(c2cc(C(C)C)cc3[nH]ncc23)CC1(C)C.CC(=O)N1CCN(c2cc(C3CCCC3)cc3[nH]ncc23)CC1(C)C.CC1(C)CN(c2cc(C3CCCC3)cc3[nH]ncc23)CCN1S(C)(=O)=O.CNC(=O)N1CCC(c2cc(Cl)cc3[nH]ncc23)CC1.CS(=O)(=O)N1CCN(c2cc(N3CCCC3)cc3[nH]ncc23)CC1. The Hall–Kier alpha value is -9.23. The van der Waals surface area contributed by atoms with Crippen molar-refractivity contribution >= 4 is 132 Å². The van der Waals surface area contributed by atoms with Crippen LogP contribution in [0.2, 0.25) is 5.02 Å². The number of halogens is 1. The molecule has 2 aliphatic carbocycles. The van der Waals surface area contributed by atoms with Crippen LogP contribution in [0.3, 0.4) is 0 Å². The highest BCUT2D eigenvalue weighted by Crippen LogP contribution is 2.44. The molecule has 31 heteroatoms. The summed E-state index contributed by atoms with van der Waals surface area (Å²) < 4.78 is 50.9. The molecule has 5 aromatic heterocycles. The van der Waals surface area contributed by atoms with Gasteiger partial charge in [-0.2, -0.15) is 34.1 Å². The maximum absolute atomic E-state index is 12.1. The molecule has 6 N–H and O–H groups in total. The summed E-state index contributed by atoms with van der Waals surface area (Å²) in [6.07, 6.45) is 26.8. The Morgan fingerprint density at radius 1 is 0.432 bits per heavy atom. The molecule has 11 heterocycles. The van der Waals surface area contributed by atoms with Crippen molar-refractivity contribution in [1.29, 1.82) is 0 Å². The zero-order valence-corrected chi connectivity index (χ0v) is 73.6. The maximum atomic E-state index is 12.1. The number of rotatable bonds is 11. The molecule has 8 fully saturated rings. The molecule has 0 atom stereocenters. The van der Waals surface area contributed by atoms with Gasteiger partial charge >= 0.3 is 6.03 Å². The predicted octanol–water partition coefficient (Wildman–Crippen LogP) is 13.9. The van der Waals surface area contributed by atoms with Crippen LogP contribution in [0.15, 0.2) is 91.6 Å². The number of urea groups is 1. The number of anilines is 5. The first-order valence-corrected chi connectivity index (χ1v) is 46.5. The van der Waals surface area contributed by atoms with Gasteiger partial charge in [-0.15, -0.1) is 0 Å². The first-order valence-electron chi connectivity index (χ1n) is 42.4. The third-order valence-corrected chi connectivity index (χ3v) is 28.8. The van der Waals surface area contributed by atoms with Crippen LogP contribution >= 0.6 is 11.6 Å². The number of carbonyl (C=O) groups is 3. The molecular weight excluding hydrogens is 1550 g/mol. The highest BCUT2D eigenvalue weighted by Gasteiger charge is 2.42. The van der Waals surface area contributed by atoms with Gasteiger partial charge in [0.1, 0.15) is 0 Å². The molecule has 2 saturated carbocycles. The molecule has 10 aromatic rings. The molecule has 5 aromatic carbocycles. The second-order valence-corrected chi connectivity index (χ2v) is 40.2. The molecule has 6 saturated heterocycles. The molecule has 0 spiro atoms. The number of carbonyl (C=O) groups excluding carboxylic acids is 3. The van der Waals surface area contributed by atoms with Crippen LogP contribution in [0, 0.1) is 0 Å². The van der Waals surface area contributed by atoms with E-state index < -0.39 is 25.6 Å². The van der Waals surface area contributed by atoms with E-state index in [0.29, 0.717) is 69.5 Å². The van der Waals surface area contributed by atoms with Gasteiger partial charge in [-0.3, -0.25) is 35.1 Å². The number of amides is 4. The lowest BCUT2D eigenvalue weighted by molar-refractivity contribution is -0.135. The average molecular weight is 1670 g/mol. The fourth-order valence-corrected chi connectivity index (χ4v) is 22.2. The molecule has 118 heavy (non-hydrogen) atoms. The van der Waals surface area contributed by atoms with E-state index in [9.17, 15) is 31.2 Å². The summed E-state index contributed by atoms with van der Waals surface area (Å²) in [7, 11) is -4.64. The fourth-order valence-electron chi connectivity index (χ4n) is 19.7. The van der Waals surface area contributed by atoms with E-state index in [4.69, 9.17) is 11.6 Å². The Bertz CT molecular complexity index is 5440. The van der Waals surface area contributed by atoms with Gasteiger partial charge in [0.25, 0.3) is 0 Å². The van der Waals surface area contributed by atoms with Gasteiger partial charge in [-0.05, 0) is 199 Å². The largest absolute Gasteiger partial charge is 0.371 e. The average Bonchev–Trinajstić information content (AvgIpc) is 1.35. The molecule has 0 unspecified atom stereocenters. The Morgan fingerprint density at radius 2 is 0.839 bits per heavy atom. The second-order valence-electron chi connectivity index (χ2n) is 35.9. The van der Waals surface area contributed by atoms with Crippen LogP contribution in [-0.4, -0.2) is 256 Å². The summed E-state index contributed by atoms with van der Waals surface area (Å²) in [5.74, 6) is 2.52. The van der Waals surface area contributed by atoms with Crippen molar-refractivity contribution in [1.82, 2.24) is 79.6 Å². The first kappa shape index (κ1) is 85.2. The molecule has 8 aliphatic rings. The minimum Gasteiger partial charge on any atom is -0.371 e. The maximum Gasteiger partial charge on any atom is 0.317 e. The van der Waals surface area contributed by atoms with Crippen molar-refractivity contribution in [2.24, 2.45) is 0 Å². The van der Waals surface area contributed by atoms with Crippen LogP contribution in [0.5, 0.6) is 0 Å². The van der Waals surface area contributed by atoms with Gasteiger partial charge < -0.3 is 44.5 Å². The highest BCUT2D eigenvalue weighted by molar-refractivity contribution is 7.88. The van der Waals surface area contributed by atoms with E-state index >= 15 is 0 Å². The van der Waals surface area contributed by atoms with Crippen LogP contribution in [0.1, 0.15) is 192 Å². The number of piperazine rings is 4. The minimum absolute atomic E-state index is 0.00278. The Kier molecular flexibility index (Phi) is 25.4. The summed E-state index contributed by atoms with van der Waals surface area (Å²) in [6, 6.07) is 22.0. The van der Waals surface area contributed by atoms with Gasteiger partial charge in [0.2, 0.25) is 31.9 Å². The second kappa shape index (κ2) is 35.2. The number of nitrogens with zero attached hydrogens (tertiary/aromatic N) is 15. The number of piperidine rings is 1. The standard InChI is InChI=1S/C20H28N4O.C19H28N4O2S.C18H26N4O.C16H23N5O2S.C14H17ClN4O/c1-14(25)24-9-8-23(13-20(24,2)3)19-11-16(15-6-4-5-7-15)10-18-17(19)12-21-22-18;1-19(2)13-22(8-9-23(19)26(3,24)25)18-11-15(14-6-4-5-7-14)10-17-16(18)12-20-21-17;1-12(2)14-8-16-15(10-19-20-16)17(9-14)21-6-7-22(13(3)23)18(4,5)11-21;1-24(22,23)21-8-6-20(7-9-21)16-11-13(19-4-2-3-5-19)10-15-14(16)12-17-18-15;1-16-14(20)19-4-2-9(3-5-19)11-6-10(15)7-13-12(11)8-17-18-13/h10-12,15H,4-9,13H2,1-3H3,(H,21,22);10-12,14H,4-9,13H2,1-3H3,(H,20,21);8-10,12H,6-7,11H2,1-5H3,(H,19,20);10-12H,2-9H2,1H3,(H,17,18);6-9H,2-5H2,1H3,(H,16,20)(H,17,18). The van der Waals surface area contributed by atoms with Crippen molar-refractivity contribution in [2.75, 3.05) is 155 Å². The normalized spacial score (nSPS) is 19.9. The summed E-state index contributed by atoms with van der Waals surface area (Å²) >= 11 is 6.18. The lowest BCUT2D eigenvalue weighted by Crippen LogP contribution is -2.60. The number of sulfonamides is 2. The molecule has 28 nitrogen and oxygen atoms in total. The third-order valence-electron chi connectivity index (χ3n) is 25.8. The van der Waals surface area contributed by atoms with Crippen LogP contribution in [-0.2, 0) is 29.6 Å². The number of hydrogen-bond acceptors (Lipinski definition) is 17. The zero-order chi connectivity index (χ0) is 83.8. The van der Waals surface area contributed by atoms with Crippen LogP contribution in [0.25, 0.3) is 54.5 Å². The van der Waals surface area contributed by atoms with Crippen molar-refractivity contribution in [3.63, 3.8) is 0 Å². The van der Waals surface area contributed by atoms with Crippen LogP contribution in [0.4, 0.5) is 33.2 Å². The monoisotopic (exact) mass is 1670 g/mol. The van der Waals surface area contributed by atoms with Crippen molar-refractivity contribution in [3.05, 3.63) is 119 Å². The number of H-pyrrole nitrogens is 5. The predicted molar refractivity (Wildman–Crippen MR) is 475 cm³/mol. The van der Waals surface area contributed by atoms with E-state index in [1.807, 2.05) is 71.7 Å². The van der Waals surface area contributed by atoms with E-state index in [0.717, 1.165) is 138 Å². The summed E-state index contributed by atoms with van der Waals surface area (Å²) in [4.78, 5) is 53.1. The number of benzene rings is 5. The molecule has 18 rings (SSSR count). The Labute approximate surface area is 699 Å². The molecular formula is C87H122ClN21O7S2.